The van der Waals surface area contributed by atoms with Gasteiger partial charge in [0.15, 0.2) is 0 Å². The predicted molar refractivity (Wildman–Crippen MR) is 47.6 cm³/mol. The SMILES string of the molecule is NC1COC1OC(=O)C(=O)OC1OCC1N. The summed E-state index contributed by atoms with van der Waals surface area (Å²) in [5.74, 6) is -2.33. The molecule has 0 aromatic heterocycles. The lowest BCUT2D eigenvalue weighted by Crippen LogP contribution is -2.56. The summed E-state index contributed by atoms with van der Waals surface area (Å²) < 4.78 is 18.8. The van der Waals surface area contributed by atoms with Crippen molar-refractivity contribution < 1.29 is 28.5 Å². The summed E-state index contributed by atoms with van der Waals surface area (Å²) in [6, 6.07) is -0.807. The Hall–Kier alpha value is -1.22. The Balaban J connectivity index is 1.73. The minimum absolute atomic E-state index is 0.295. The first kappa shape index (κ1) is 11.3. The molecule has 0 spiro atoms. The second-order valence-electron chi connectivity index (χ2n) is 3.54. The van der Waals surface area contributed by atoms with Crippen molar-refractivity contribution in [3.8, 4) is 0 Å². The number of carbonyl (C=O) groups is 2. The first-order valence-electron chi connectivity index (χ1n) is 4.74. The fourth-order valence-electron chi connectivity index (χ4n) is 1.12. The van der Waals surface area contributed by atoms with Gasteiger partial charge in [-0.1, -0.05) is 0 Å². The molecule has 2 aliphatic heterocycles. The molecular formula is C8H12N2O6. The highest BCUT2D eigenvalue weighted by atomic mass is 16.8. The van der Waals surface area contributed by atoms with Crippen LogP contribution in [0, 0.1) is 0 Å². The van der Waals surface area contributed by atoms with E-state index in [2.05, 4.69) is 9.47 Å². The number of hydrogen-bond acceptors (Lipinski definition) is 8. The van der Waals surface area contributed by atoms with Gasteiger partial charge in [0.25, 0.3) is 0 Å². The maximum absolute atomic E-state index is 11.1. The van der Waals surface area contributed by atoms with E-state index < -0.39 is 36.6 Å². The van der Waals surface area contributed by atoms with Gasteiger partial charge in [-0.15, -0.1) is 0 Å². The molecule has 0 bridgehead atoms. The van der Waals surface area contributed by atoms with Crippen LogP contribution in [0.1, 0.15) is 0 Å². The molecule has 2 aliphatic rings. The van der Waals surface area contributed by atoms with Crippen LogP contribution in [0.4, 0.5) is 0 Å². The summed E-state index contributed by atoms with van der Waals surface area (Å²) in [6.45, 7) is 0.590. The molecule has 4 N–H and O–H groups in total. The Bertz CT molecular complexity index is 279. The third-order valence-corrected chi connectivity index (χ3v) is 2.22. The van der Waals surface area contributed by atoms with Crippen LogP contribution in [-0.4, -0.2) is 49.8 Å². The maximum Gasteiger partial charge on any atom is 0.419 e. The molecule has 2 fully saturated rings. The molecular weight excluding hydrogens is 220 g/mol. The fraction of sp³-hybridized carbons (Fsp3) is 0.750. The molecule has 4 atom stereocenters. The van der Waals surface area contributed by atoms with E-state index in [4.69, 9.17) is 20.9 Å². The molecule has 0 saturated carbocycles. The Morgan fingerprint density at radius 3 is 1.50 bits per heavy atom. The summed E-state index contributed by atoms with van der Waals surface area (Å²) >= 11 is 0. The molecule has 2 rings (SSSR count). The van der Waals surface area contributed by atoms with Gasteiger partial charge in [0.2, 0.25) is 12.6 Å². The number of rotatable bonds is 2. The van der Waals surface area contributed by atoms with Gasteiger partial charge in [0.1, 0.15) is 0 Å². The smallest absolute Gasteiger partial charge is 0.419 e. The van der Waals surface area contributed by atoms with Crippen LogP contribution in [-0.2, 0) is 28.5 Å². The summed E-state index contributed by atoms with van der Waals surface area (Å²) in [5.41, 5.74) is 10.9. The number of nitrogens with two attached hydrogens (primary N) is 2. The van der Waals surface area contributed by atoms with Crippen LogP contribution in [0.15, 0.2) is 0 Å². The van der Waals surface area contributed by atoms with Gasteiger partial charge in [-0.3, -0.25) is 0 Å². The van der Waals surface area contributed by atoms with Crippen LogP contribution >= 0.6 is 0 Å². The standard InChI is InChI=1S/C8H12N2O6/c9-3-1-13-7(3)15-5(11)6(12)16-8-4(10)2-14-8/h3-4,7-8H,1-2,9-10H2. The lowest BCUT2D eigenvalue weighted by molar-refractivity contribution is -0.245. The van der Waals surface area contributed by atoms with Gasteiger partial charge < -0.3 is 30.4 Å². The lowest BCUT2D eigenvalue weighted by Gasteiger charge is -2.34. The van der Waals surface area contributed by atoms with Crippen molar-refractivity contribution in [2.24, 2.45) is 11.5 Å². The molecule has 8 heteroatoms. The highest BCUT2D eigenvalue weighted by Crippen LogP contribution is 2.14. The van der Waals surface area contributed by atoms with Crippen molar-refractivity contribution >= 4 is 11.9 Å². The van der Waals surface area contributed by atoms with Gasteiger partial charge in [0.05, 0.1) is 25.3 Å². The predicted octanol–water partition coefficient (Wildman–Crippen LogP) is -2.56. The van der Waals surface area contributed by atoms with E-state index >= 15 is 0 Å². The number of carbonyl (C=O) groups excluding carboxylic acids is 2. The van der Waals surface area contributed by atoms with Crippen LogP contribution in [0.25, 0.3) is 0 Å². The highest BCUT2D eigenvalue weighted by molar-refractivity contribution is 6.29. The lowest BCUT2D eigenvalue weighted by atomic mass is 10.2. The number of esters is 2. The third-order valence-electron chi connectivity index (χ3n) is 2.22. The van der Waals surface area contributed by atoms with Gasteiger partial charge >= 0.3 is 11.9 Å². The van der Waals surface area contributed by atoms with E-state index in [0.29, 0.717) is 13.2 Å². The minimum Gasteiger partial charge on any atom is -0.426 e. The summed E-state index contributed by atoms with van der Waals surface area (Å²) in [5, 5.41) is 0. The number of hydrogen-bond donors (Lipinski definition) is 2. The van der Waals surface area contributed by atoms with Crippen molar-refractivity contribution in [2.45, 2.75) is 24.7 Å². The number of ether oxygens (including phenoxy) is 4. The maximum atomic E-state index is 11.1. The second kappa shape index (κ2) is 4.34. The minimum atomic E-state index is -1.16. The Morgan fingerprint density at radius 1 is 0.938 bits per heavy atom. The van der Waals surface area contributed by atoms with E-state index in [-0.39, 0.29) is 0 Å². The van der Waals surface area contributed by atoms with E-state index in [9.17, 15) is 9.59 Å². The molecule has 0 aromatic rings. The summed E-state index contributed by atoms with van der Waals surface area (Å²) in [4.78, 5) is 22.3. The van der Waals surface area contributed by atoms with Gasteiger partial charge in [-0.05, 0) is 0 Å². The van der Waals surface area contributed by atoms with Gasteiger partial charge in [-0.25, -0.2) is 9.59 Å². The Morgan fingerprint density at radius 2 is 1.31 bits per heavy atom. The molecule has 0 amide bonds. The molecule has 2 heterocycles. The first-order valence-corrected chi connectivity index (χ1v) is 4.74. The molecule has 0 aromatic carbocycles. The quantitative estimate of drug-likeness (QED) is 0.393. The molecule has 0 radical (unpaired) electrons. The monoisotopic (exact) mass is 232 g/mol. The van der Waals surface area contributed by atoms with Crippen molar-refractivity contribution in [1.29, 1.82) is 0 Å². The topological polar surface area (TPSA) is 123 Å². The zero-order valence-electron chi connectivity index (χ0n) is 8.33. The van der Waals surface area contributed by atoms with Crippen LogP contribution in [0.2, 0.25) is 0 Å². The molecule has 2 saturated heterocycles. The molecule has 8 nitrogen and oxygen atoms in total. The first-order chi connectivity index (χ1) is 7.58. The zero-order chi connectivity index (χ0) is 11.7. The second-order valence-corrected chi connectivity index (χ2v) is 3.54. The average molecular weight is 232 g/mol. The average Bonchev–Trinajstić information content (AvgIpc) is 2.28. The molecule has 16 heavy (non-hydrogen) atoms. The summed E-state index contributed by atoms with van der Waals surface area (Å²) in [7, 11) is 0. The van der Waals surface area contributed by atoms with Crippen molar-refractivity contribution in [1.82, 2.24) is 0 Å². The molecule has 4 unspecified atom stereocenters. The summed E-state index contributed by atoms with van der Waals surface area (Å²) in [6.07, 6.45) is -1.76. The van der Waals surface area contributed by atoms with Crippen LogP contribution < -0.4 is 11.5 Å². The van der Waals surface area contributed by atoms with Crippen LogP contribution in [0.5, 0.6) is 0 Å². The Kier molecular flexibility index (Phi) is 3.06. The van der Waals surface area contributed by atoms with E-state index in [0.717, 1.165) is 0 Å². The fourth-order valence-corrected chi connectivity index (χ4v) is 1.12. The van der Waals surface area contributed by atoms with Crippen molar-refractivity contribution in [3.63, 3.8) is 0 Å². The largest absolute Gasteiger partial charge is 0.426 e. The van der Waals surface area contributed by atoms with Crippen molar-refractivity contribution in [3.05, 3.63) is 0 Å². The van der Waals surface area contributed by atoms with Crippen LogP contribution in [0.3, 0.4) is 0 Å². The van der Waals surface area contributed by atoms with E-state index in [1.54, 1.807) is 0 Å². The van der Waals surface area contributed by atoms with E-state index in [1.807, 2.05) is 0 Å². The molecule has 90 valence electrons. The van der Waals surface area contributed by atoms with Crippen molar-refractivity contribution in [2.75, 3.05) is 13.2 Å². The Labute approximate surface area is 90.7 Å². The van der Waals surface area contributed by atoms with Gasteiger partial charge in [-0.2, -0.15) is 0 Å². The van der Waals surface area contributed by atoms with Gasteiger partial charge in [0, 0.05) is 0 Å². The zero-order valence-corrected chi connectivity index (χ0v) is 8.33. The highest BCUT2D eigenvalue weighted by Gasteiger charge is 2.38. The molecule has 0 aliphatic carbocycles. The van der Waals surface area contributed by atoms with E-state index in [1.165, 1.54) is 0 Å². The normalized spacial score (nSPS) is 36.9. The third kappa shape index (κ3) is 2.14.